The summed E-state index contributed by atoms with van der Waals surface area (Å²) >= 11 is 0. The molecule has 0 N–H and O–H groups in total. The zero-order chi connectivity index (χ0) is 17.0. The smallest absolute Gasteiger partial charge is 0.261 e. The zero-order valence-electron chi connectivity index (χ0n) is 14.0. The molecule has 1 aromatic rings. The molecule has 124 valence electrons. The van der Waals surface area contributed by atoms with Gasteiger partial charge in [0, 0.05) is 26.6 Å². The third kappa shape index (κ3) is 3.97. The number of rotatable bonds is 3. The van der Waals surface area contributed by atoms with E-state index in [1.165, 1.54) is 7.05 Å². The van der Waals surface area contributed by atoms with Crippen molar-refractivity contribution in [3.63, 3.8) is 0 Å². The summed E-state index contributed by atoms with van der Waals surface area (Å²) in [4.78, 5) is 36.9. The van der Waals surface area contributed by atoms with Gasteiger partial charge in [-0.05, 0) is 30.9 Å². The van der Waals surface area contributed by atoms with Gasteiger partial charge in [-0.15, -0.1) is 0 Å². The molecule has 0 unspecified atom stereocenters. The Hall–Kier alpha value is -2.17. The van der Waals surface area contributed by atoms with Gasteiger partial charge >= 0.3 is 0 Å². The van der Waals surface area contributed by atoms with E-state index in [0.29, 0.717) is 23.0 Å². The first-order valence-corrected chi connectivity index (χ1v) is 8.11. The predicted molar refractivity (Wildman–Crippen MR) is 88.1 cm³/mol. The highest BCUT2D eigenvalue weighted by molar-refractivity contribution is 6.21. The summed E-state index contributed by atoms with van der Waals surface area (Å²) in [5.74, 6) is 0.639. The van der Waals surface area contributed by atoms with Gasteiger partial charge < -0.3 is 4.90 Å². The summed E-state index contributed by atoms with van der Waals surface area (Å²) in [5, 5.41) is 0. The maximum absolute atomic E-state index is 11.3. The van der Waals surface area contributed by atoms with Gasteiger partial charge in [0.05, 0.1) is 11.1 Å². The first kappa shape index (κ1) is 17.2. The van der Waals surface area contributed by atoms with Crippen molar-refractivity contribution >= 4 is 17.7 Å². The molecule has 0 spiro atoms. The summed E-state index contributed by atoms with van der Waals surface area (Å²) in [7, 11) is 1.49. The van der Waals surface area contributed by atoms with E-state index in [9.17, 15) is 14.4 Å². The molecular formula is C18H24N2O3. The Labute approximate surface area is 137 Å². The molecule has 3 rings (SSSR count). The molecule has 0 aromatic heterocycles. The number of imide groups is 1. The van der Waals surface area contributed by atoms with Crippen LogP contribution in [0.15, 0.2) is 24.3 Å². The SMILES string of the molecule is CC(C)CCN1CCCC1=O.CN1C(=O)c2ccccc2C1=O. The number of hydrogen-bond acceptors (Lipinski definition) is 3. The van der Waals surface area contributed by atoms with Crippen LogP contribution in [0.4, 0.5) is 0 Å². The topological polar surface area (TPSA) is 57.7 Å². The van der Waals surface area contributed by atoms with Gasteiger partial charge in [-0.1, -0.05) is 26.0 Å². The molecule has 5 heteroatoms. The molecule has 23 heavy (non-hydrogen) atoms. The number of nitrogens with zero attached hydrogens (tertiary/aromatic N) is 2. The lowest BCUT2D eigenvalue weighted by molar-refractivity contribution is -0.127. The number of likely N-dealkylation sites (tertiary alicyclic amines) is 1. The van der Waals surface area contributed by atoms with E-state index < -0.39 is 0 Å². The molecule has 2 heterocycles. The van der Waals surface area contributed by atoms with E-state index in [0.717, 1.165) is 37.3 Å². The molecule has 5 nitrogen and oxygen atoms in total. The van der Waals surface area contributed by atoms with Gasteiger partial charge in [-0.3, -0.25) is 19.3 Å². The maximum Gasteiger partial charge on any atom is 0.261 e. The number of amides is 3. The lowest BCUT2D eigenvalue weighted by atomic mass is 10.1. The average Bonchev–Trinajstić information content (AvgIpc) is 3.04. The van der Waals surface area contributed by atoms with E-state index in [2.05, 4.69) is 13.8 Å². The lowest BCUT2D eigenvalue weighted by Crippen LogP contribution is -2.26. The molecule has 0 bridgehead atoms. The molecule has 0 aliphatic carbocycles. The van der Waals surface area contributed by atoms with Crippen LogP contribution in [0.25, 0.3) is 0 Å². The van der Waals surface area contributed by atoms with Crippen molar-refractivity contribution in [3.8, 4) is 0 Å². The van der Waals surface area contributed by atoms with E-state index >= 15 is 0 Å². The van der Waals surface area contributed by atoms with Gasteiger partial charge in [-0.25, -0.2) is 0 Å². The second-order valence-corrected chi connectivity index (χ2v) is 6.38. The molecule has 0 saturated carbocycles. The van der Waals surface area contributed by atoms with Crippen LogP contribution in [0.1, 0.15) is 53.8 Å². The first-order valence-electron chi connectivity index (χ1n) is 8.11. The van der Waals surface area contributed by atoms with Crippen LogP contribution in [0, 0.1) is 5.92 Å². The highest BCUT2D eigenvalue weighted by Crippen LogP contribution is 2.20. The molecule has 2 aliphatic heterocycles. The molecule has 3 amide bonds. The number of carbonyl (C=O) groups excluding carboxylic acids is 3. The van der Waals surface area contributed by atoms with Gasteiger partial charge in [0.25, 0.3) is 11.8 Å². The van der Waals surface area contributed by atoms with Crippen LogP contribution in [-0.2, 0) is 4.79 Å². The molecule has 2 aliphatic rings. The Morgan fingerprint density at radius 3 is 2.04 bits per heavy atom. The average molecular weight is 316 g/mol. The third-order valence-corrected chi connectivity index (χ3v) is 4.14. The molecule has 1 aromatic carbocycles. The Morgan fingerprint density at radius 2 is 1.61 bits per heavy atom. The fraction of sp³-hybridized carbons (Fsp3) is 0.500. The van der Waals surface area contributed by atoms with Crippen LogP contribution in [0.3, 0.4) is 0 Å². The quantitative estimate of drug-likeness (QED) is 0.805. The Morgan fingerprint density at radius 1 is 1.04 bits per heavy atom. The normalized spacial score (nSPS) is 16.8. The van der Waals surface area contributed by atoms with E-state index in [-0.39, 0.29) is 11.8 Å². The van der Waals surface area contributed by atoms with Crippen molar-refractivity contribution < 1.29 is 14.4 Å². The predicted octanol–water partition coefficient (Wildman–Crippen LogP) is 2.57. The Bertz CT molecular complexity index is 575. The maximum atomic E-state index is 11.3. The molecule has 1 saturated heterocycles. The second kappa shape index (κ2) is 7.40. The summed E-state index contributed by atoms with van der Waals surface area (Å²) < 4.78 is 0. The van der Waals surface area contributed by atoms with Gasteiger partial charge in [0.15, 0.2) is 0 Å². The Kier molecular flexibility index (Phi) is 5.53. The zero-order valence-corrected chi connectivity index (χ0v) is 14.0. The minimum absolute atomic E-state index is 0.212. The van der Waals surface area contributed by atoms with Crippen LogP contribution in [0.5, 0.6) is 0 Å². The second-order valence-electron chi connectivity index (χ2n) is 6.38. The largest absolute Gasteiger partial charge is 0.343 e. The number of hydrogen-bond donors (Lipinski definition) is 0. The fourth-order valence-corrected chi connectivity index (χ4v) is 2.66. The van der Waals surface area contributed by atoms with Crippen LogP contribution >= 0.6 is 0 Å². The molecular weight excluding hydrogens is 292 g/mol. The molecule has 1 fully saturated rings. The van der Waals surface area contributed by atoms with Crippen molar-refractivity contribution in [1.29, 1.82) is 0 Å². The van der Waals surface area contributed by atoms with Crippen molar-refractivity contribution in [2.45, 2.75) is 33.1 Å². The van der Waals surface area contributed by atoms with E-state index in [1.54, 1.807) is 24.3 Å². The van der Waals surface area contributed by atoms with Gasteiger partial charge in [0.2, 0.25) is 5.91 Å². The summed E-state index contributed by atoms with van der Waals surface area (Å²) in [5.41, 5.74) is 1.01. The van der Waals surface area contributed by atoms with Crippen molar-refractivity contribution in [2.24, 2.45) is 5.92 Å². The van der Waals surface area contributed by atoms with Gasteiger partial charge in [0.1, 0.15) is 0 Å². The lowest BCUT2D eigenvalue weighted by Gasteiger charge is -2.16. The monoisotopic (exact) mass is 316 g/mol. The number of fused-ring (bicyclic) bond motifs is 1. The third-order valence-electron chi connectivity index (χ3n) is 4.14. The molecule has 0 radical (unpaired) electrons. The summed E-state index contributed by atoms with van der Waals surface area (Å²) in [6.07, 6.45) is 2.99. The van der Waals surface area contributed by atoms with Crippen LogP contribution in [-0.4, -0.2) is 47.7 Å². The van der Waals surface area contributed by atoms with Crippen molar-refractivity contribution in [3.05, 3.63) is 35.4 Å². The highest BCUT2D eigenvalue weighted by atomic mass is 16.2. The standard InChI is InChI=1S/C9H7NO2.C9H17NO/c1-10-8(11)6-4-2-3-5-7(6)9(10)12;1-8(2)5-7-10-6-3-4-9(10)11/h2-5H,1H3;8H,3-7H2,1-2H3. The molecule has 0 atom stereocenters. The van der Waals surface area contributed by atoms with Crippen molar-refractivity contribution in [1.82, 2.24) is 9.80 Å². The van der Waals surface area contributed by atoms with E-state index in [4.69, 9.17) is 0 Å². The van der Waals surface area contributed by atoms with E-state index in [1.807, 2.05) is 4.90 Å². The van der Waals surface area contributed by atoms with Gasteiger partial charge in [-0.2, -0.15) is 0 Å². The summed E-state index contributed by atoms with van der Waals surface area (Å²) in [6, 6.07) is 6.84. The van der Waals surface area contributed by atoms with Crippen LogP contribution in [0.2, 0.25) is 0 Å². The highest BCUT2D eigenvalue weighted by Gasteiger charge is 2.31. The van der Waals surface area contributed by atoms with Crippen molar-refractivity contribution in [2.75, 3.05) is 20.1 Å². The minimum Gasteiger partial charge on any atom is -0.343 e. The Balaban J connectivity index is 0.000000168. The number of carbonyl (C=O) groups is 3. The summed E-state index contributed by atoms with van der Waals surface area (Å²) in [6.45, 7) is 6.35. The minimum atomic E-state index is -0.212. The fourth-order valence-electron chi connectivity index (χ4n) is 2.66. The van der Waals surface area contributed by atoms with Crippen LogP contribution < -0.4 is 0 Å². The first-order chi connectivity index (χ1) is 10.9. The number of benzene rings is 1.